The van der Waals surface area contributed by atoms with E-state index in [1.807, 2.05) is 6.92 Å². The maximum absolute atomic E-state index is 12.8. The van der Waals surface area contributed by atoms with Gasteiger partial charge in [0, 0.05) is 24.7 Å². The van der Waals surface area contributed by atoms with Crippen LogP contribution in [-0.4, -0.2) is 25.8 Å². The van der Waals surface area contributed by atoms with Gasteiger partial charge in [-0.1, -0.05) is 36.5 Å². The molecule has 2 N–H and O–H groups in total. The van der Waals surface area contributed by atoms with E-state index in [0.29, 0.717) is 29.6 Å². The van der Waals surface area contributed by atoms with Crippen LogP contribution in [0.3, 0.4) is 0 Å². The second kappa shape index (κ2) is 6.84. The quantitative estimate of drug-likeness (QED) is 0.856. The Bertz CT molecular complexity index is 616. The minimum absolute atomic E-state index is 0.0540. The van der Waals surface area contributed by atoms with Crippen molar-refractivity contribution in [1.82, 2.24) is 4.31 Å². The van der Waals surface area contributed by atoms with Crippen LogP contribution >= 0.6 is 23.2 Å². The third-order valence-corrected chi connectivity index (χ3v) is 6.70. The van der Waals surface area contributed by atoms with Gasteiger partial charge < -0.3 is 5.73 Å². The van der Waals surface area contributed by atoms with Crippen molar-refractivity contribution in [2.75, 3.05) is 13.1 Å². The number of benzene rings is 1. The van der Waals surface area contributed by atoms with Crippen molar-refractivity contribution in [3.63, 3.8) is 0 Å². The minimum atomic E-state index is -3.65. The van der Waals surface area contributed by atoms with E-state index in [-0.39, 0.29) is 16.5 Å². The molecule has 1 fully saturated rings. The van der Waals surface area contributed by atoms with Gasteiger partial charge in [-0.2, -0.15) is 4.31 Å². The largest absolute Gasteiger partial charge is 0.326 e. The Kier molecular flexibility index (Phi) is 5.54. The van der Waals surface area contributed by atoms with Crippen LogP contribution in [0, 0.1) is 5.92 Å². The molecule has 1 aliphatic rings. The molecule has 0 radical (unpaired) electrons. The average Bonchev–Trinajstić information content (AvgIpc) is 2.39. The number of hydrogen-bond acceptors (Lipinski definition) is 3. The van der Waals surface area contributed by atoms with Crippen molar-refractivity contribution in [1.29, 1.82) is 0 Å². The van der Waals surface area contributed by atoms with E-state index >= 15 is 0 Å². The van der Waals surface area contributed by atoms with Crippen molar-refractivity contribution in [2.24, 2.45) is 11.7 Å². The highest BCUT2D eigenvalue weighted by atomic mass is 35.5. The summed E-state index contributed by atoms with van der Waals surface area (Å²) in [5.74, 6) is 0.451. The number of sulfonamides is 1. The van der Waals surface area contributed by atoms with E-state index in [1.165, 1.54) is 16.8 Å². The number of hydrogen-bond donors (Lipinski definition) is 1. The topological polar surface area (TPSA) is 63.4 Å². The maximum atomic E-state index is 12.8. The fourth-order valence-electron chi connectivity index (χ4n) is 2.45. The van der Waals surface area contributed by atoms with Crippen LogP contribution < -0.4 is 5.73 Å². The summed E-state index contributed by atoms with van der Waals surface area (Å²) in [4.78, 5) is 0.0540. The Labute approximate surface area is 136 Å². The zero-order valence-electron chi connectivity index (χ0n) is 12.0. The monoisotopic (exact) mass is 350 g/mol. The van der Waals surface area contributed by atoms with Gasteiger partial charge in [-0.3, -0.25) is 0 Å². The fourth-order valence-corrected chi connectivity index (χ4v) is 4.90. The summed E-state index contributed by atoms with van der Waals surface area (Å²) in [7, 11) is -3.65. The van der Waals surface area contributed by atoms with Gasteiger partial charge in [-0.25, -0.2) is 8.42 Å². The molecule has 118 valence electrons. The van der Waals surface area contributed by atoms with Crippen LogP contribution in [0.4, 0.5) is 0 Å². The Hall–Kier alpha value is -0.330. The molecule has 1 saturated carbocycles. The van der Waals surface area contributed by atoms with Gasteiger partial charge >= 0.3 is 0 Å². The molecule has 21 heavy (non-hydrogen) atoms. The average molecular weight is 351 g/mol. The maximum Gasteiger partial charge on any atom is 0.244 e. The van der Waals surface area contributed by atoms with Crippen LogP contribution in [0.1, 0.15) is 31.7 Å². The van der Waals surface area contributed by atoms with E-state index in [9.17, 15) is 8.42 Å². The highest BCUT2D eigenvalue weighted by molar-refractivity contribution is 7.89. The molecule has 0 atom stereocenters. The lowest BCUT2D eigenvalue weighted by atomic mass is 9.85. The highest BCUT2D eigenvalue weighted by Gasteiger charge is 2.30. The molecule has 0 saturated heterocycles. The predicted octanol–water partition coefficient (Wildman–Crippen LogP) is 3.26. The van der Waals surface area contributed by atoms with Gasteiger partial charge in [-0.05, 0) is 36.5 Å². The molecule has 0 bridgehead atoms. The first-order valence-corrected chi connectivity index (χ1v) is 9.27. The SMILES string of the molecule is CCN(CC1CCC1)S(=O)(=O)c1cc(Cl)cc(CN)c1Cl. The van der Waals surface area contributed by atoms with Gasteiger partial charge in [0.2, 0.25) is 10.0 Å². The lowest BCUT2D eigenvalue weighted by Gasteiger charge is -2.31. The van der Waals surface area contributed by atoms with E-state index in [0.717, 1.165) is 12.8 Å². The van der Waals surface area contributed by atoms with E-state index in [1.54, 1.807) is 6.07 Å². The second-order valence-corrected chi connectivity index (χ2v) is 8.05. The lowest BCUT2D eigenvalue weighted by Crippen LogP contribution is -2.37. The third-order valence-electron chi connectivity index (χ3n) is 3.96. The third kappa shape index (κ3) is 3.54. The molecule has 1 aliphatic carbocycles. The van der Waals surface area contributed by atoms with Crippen molar-refractivity contribution < 1.29 is 8.42 Å². The van der Waals surface area contributed by atoms with Crippen LogP contribution in [-0.2, 0) is 16.6 Å². The second-order valence-electron chi connectivity index (χ2n) is 5.33. The summed E-state index contributed by atoms with van der Waals surface area (Å²) in [6, 6.07) is 3.01. The molecule has 4 nitrogen and oxygen atoms in total. The Morgan fingerprint density at radius 1 is 1.33 bits per heavy atom. The first kappa shape index (κ1) is 17.0. The highest BCUT2D eigenvalue weighted by Crippen LogP contribution is 2.33. The molecule has 0 spiro atoms. The van der Waals surface area contributed by atoms with Gasteiger partial charge in [0.1, 0.15) is 4.90 Å². The van der Waals surface area contributed by atoms with Crippen molar-refractivity contribution in [3.8, 4) is 0 Å². The van der Waals surface area contributed by atoms with Crippen molar-refractivity contribution in [3.05, 3.63) is 27.7 Å². The molecule has 0 aliphatic heterocycles. The molecule has 0 unspecified atom stereocenters. The van der Waals surface area contributed by atoms with Crippen molar-refractivity contribution in [2.45, 2.75) is 37.6 Å². The van der Waals surface area contributed by atoms with Gasteiger partial charge in [0.15, 0.2) is 0 Å². The first-order chi connectivity index (χ1) is 9.90. The molecular formula is C14H20Cl2N2O2S. The first-order valence-electron chi connectivity index (χ1n) is 7.08. The Morgan fingerprint density at radius 3 is 2.48 bits per heavy atom. The molecule has 2 rings (SSSR count). The van der Waals surface area contributed by atoms with Crippen LogP contribution in [0.5, 0.6) is 0 Å². The van der Waals surface area contributed by atoms with Crippen LogP contribution in [0.2, 0.25) is 10.0 Å². The summed E-state index contributed by atoms with van der Waals surface area (Å²) in [5, 5.41) is 0.507. The number of nitrogens with two attached hydrogens (primary N) is 1. The van der Waals surface area contributed by atoms with E-state index in [2.05, 4.69) is 0 Å². The molecule has 0 heterocycles. The number of nitrogens with zero attached hydrogens (tertiary/aromatic N) is 1. The fraction of sp³-hybridized carbons (Fsp3) is 0.571. The summed E-state index contributed by atoms with van der Waals surface area (Å²) in [6.45, 7) is 2.94. The molecule has 7 heteroatoms. The standard InChI is InChI=1S/C14H20Cl2N2O2S/c1-2-18(9-10-4-3-5-10)21(19,20)13-7-12(15)6-11(8-17)14(13)16/h6-7,10H,2-5,8-9,17H2,1H3. The van der Waals surface area contributed by atoms with Gasteiger partial charge in [0.25, 0.3) is 0 Å². The molecule has 1 aromatic rings. The van der Waals surface area contributed by atoms with Crippen LogP contribution in [0.15, 0.2) is 17.0 Å². The zero-order chi connectivity index (χ0) is 15.6. The predicted molar refractivity (Wildman–Crippen MR) is 86.1 cm³/mol. The molecule has 0 amide bonds. The zero-order valence-corrected chi connectivity index (χ0v) is 14.3. The van der Waals surface area contributed by atoms with Gasteiger partial charge in [0.05, 0.1) is 5.02 Å². The molecule has 1 aromatic carbocycles. The van der Waals surface area contributed by atoms with E-state index < -0.39 is 10.0 Å². The van der Waals surface area contributed by atoms with Gasteiger partial charge in [-0.15, -0.1) is 0 Å². The number of rotatable bonds is 6. The minimum Gasteiger partial charge on any atom is -0.326 e. The smallest absolute Gasteiger partial charge is 0.244 e. The molecular weight excluding hydrogens is 331 g/mol. The molecule has 0 aromatic heterocycles. The normalized spacial score (nSPS) is 16.2. The van der Waals surface area contributed by atoms with Crippen molar-refractivity contribution >= 4 is 33.2 Å². The summed E-state index contributed by atoms with van der Waals surface area (Å²) < 4.78 is 27.1. The number of halogens is 2. The van der Waals surface area contributed by atoms with Crippen LogP contribution in [0.25, 0.3) is 0 Å². The Balaban J connectivity index is 2.39. The summed E-state index contributed by atoms with van der Waals surface area (Å²) >= 11 is 12.2. The summed E-state index contributed by atoms with van der Waals surface area (Å²) in [6.07, 6.45) is 3.35. The Morgan fingerprint density at radius 2 is 2.00 bits per heavy atom. The lowest BCUT2D eigenvalue weighted by molar-refractivity contribution is 0.250. The van der Waals surface area contributed by atoms with E-state index in [4.69, 9.17) is 28.9 Å². The summed E-state index contributed by atoms with van der Waals surface area (Å²) in [5.41, 5.74) is 6.14.